The van der Waals surface area contributed by atoms with Gasteiger partial charge in [-0.2, -0.15) is 0 Å². The highest BCUT2D eigenvalue weighted by Crippen LogP contribution is 2.30. The summed E-state index contributed by atoms with van der Waals surface area (Å²) in [5, 5.41) is 9.42. The molecule has 0 aliphatic carbocycles. The van der Waals surface area contributed by atoms with Gasteiger partial charge in [-0.25, -0.2) is 0 Å². The van der Waals surface area contributed by atoms with Gasteiger partial charge >= 0.3 is 0 Å². The zero-order valence-corrected chi connectivity index (χ0v) is 8.62. The van der Waals surface area contributed by atoms with Gasteiger partial charge in [0.25, 0.3) is 0 Å². The molecule has 74 valence electrons. The van der Waals surface area contributed by atoms with E-state index < -0.39 is 0 Å². The first-order valence-electron chi connectivity index (χ1n) is 4.92. The van der Waals surface area contributed by atoms with Crippen LogP contribution in [0.2, 0.25) is 0 Å². The van der Waals surface area contributed by atoms with Crippen LogP contribution in [0, 0.1) is 13.8 Å². The molecular weight excluding hydrogens is 174 g/mol. The molecule has 1 aliphatic rings. The molecule has 2 nitrogen and oxygen atoms in total. The minimum absolute atomic E-state index is 0.354. The fourth-order valence-electron chi connectivity index (χ4n) is 2.06. The van der Waals surface area contributed by atoms with Gasteiger partial charge in [0.05, 0.1) is 0 Å². The van der Waals surface area contributed by atoms with Gasteiger partial charge in [-0.15, -0.1) is 0 Å². The normalized spacial score (nSPS) is 15.1. The van der Waals surface area contributed by atoms with Gasteiger partial charge < -0.3 is 10.0 Å². The van der Waals surface area contributed by atoms with Crippen LogP contribution in [-0.2, 0) is 0 Å². The van der Waals surface area contributed by atoms with E-state index in [9.17, 15) is 5.11 Å². The van der Waals surface area contributed by atoms with Crippen molar-refractivity contribution in [1.82, 2.24) is 0 Å². The van der Waals surface area contributed by atoms with Crippen LogP contribution in [0.4, 0.5) is 5.69 Å². The summed E-state index contributed by atoms with van der Waals surface area (Å²) in [5.74, 6) is 0.354. The number of nitrogens with zero attached hydrogens (tertiary/aromatic N) is 1. The van der Waals surface area contributed by atoms with E-state index in [0.29, 0.717) is 5.75 Å². The van der Waals surface area contributed by atoms with Gasteiger partial charge in [0.2, 0.25) is 0 Å². The van der Waals surface area contributed by atoms with Gasteiger partial charge in [-0.1, -0.05) is 6.08 Å². The Kier molecular flexibility index (Phi) is 2.20. The standard InChI is InChI=1S/C12H15NO/c1-9-7-11(14)8-10(2)12(9)13-5-3-4-6-13/h3,5,7-8,14H,4,6H2,1-2H3. The number of rotatable bonds is 1. The SMILES string of the molecule is Cc1cc(O)cc(C)c1N1C=CCC1. The predicted octanol–water partition coefficient (Wildman–Crippen LogP) is 2.73. The number of aryl methyl sites for hydroxylation is 2. The van der Waals surface area contributed by atoms with Crippen LogP contribution < -0.4 is 4.90 Å². The first-order chi connectivity index (χ1) is 6.68. The molecule has 0 saturated heterocycles. The lowest BCUT2D eigenvalue weighted by Crippen LogP contribution is -2.14. The van der Waals surface area contributed by atoms with Gasteiger partial charge in [-0.05, 0) is 43.5 Å². The van der Waals surface area contributed by atoms with Crippen molar-refractivity contribution in [1.29, 1.82) is 0 Å². The van der Waals surface area contributed by atoms with E-state index in [1.54, 1.807) is 0 Å². The average Bonchev–Trinajstić information content (AvgIpc) is 2.54. The Labute approximate surface area is 84.5 Å². The molecule has 1 aliphatic heterocycles. The van der Waals surface area contributed by atoms with Crippen molar-refractivity contribution in [2.75, 3.05) is 11.4 Å². The Morgan fingerprint density at radius 3 is 2.36 bits per heavy atom. The minimum Gasteiger partial charge on any atom is -0.508 e. The van der Waals surface area contributed by atoms with Gasteiger partial charge in [0.15, 0.2) is 0 Å². The van der Waals surface area contributed by atoms with Crippen LogP contribution >= 0.6 is 0 Å². The smallest absolute Gasteiger partial charge is 0.116 e. The van der Waals surface area contributed by atoms with Crippen LogP contribution in [0.1, 0.15) is 17.5 Å². The lowest BCUT2D eigenvalue weighted by molar-refractivity contribution is 0.474. The molecule has 1 heterocycles. The van der Waals surface area contributed by atoms with Crippen LogP contribution in [-0.4, -0.2) is 11.7 Å². The number of hydrogen-bond acceptors (Lipinski definition) is 2. The molecule has 0 amide bonds. The molecular formula is C12H15NO. The lowest BCUT2D eigenvalue weighted by atomic mass is 10.1. The summed E-state index contributed by atoms with van der Waals surface area (Å²) in [7, 11) is 0. The third-order valence-corrected chi connectivity index (χ3v) is 2.59. The fourth-order valence-corrected chi connectivity index (χ4v) is 2.06. The summed E-state index contributed by atoms with van der Waals surface area (Å²) in [6.45, 7) is 5.12. The summed E-state index contributed by atoms with van der Waals surface area (Å²) in [4.78, 5) is 2.24. The number of aromatic hydroxyl groups is 1. The maximum absolute atomic E-state index is 9.42. The monoisotopic (exact) mass is 189 g/mol. The molecule has 0 spiro atoms. The lowest BCUT2D eigenvalue weighted by Gasteiger charge is -2.21. The molecule has 0 bridgehead atoms. The quantitative estimate of drug-likeness (QED) is 0.734. The maximum Gasteiger partial charge on any atom is 0.116 e. The third kappa shape index (κ3) is 1.48. The fraction of sp³-hybridized carbons (Fsp3) is 0.333. The second-order valence-corrected chi connectivity index (χ2v) is 3.80. The molecule has 1 N–H and O–H groups in total. The van der Waals surface area contributed by atoms with Crippen molar-refractivity contribution in [3.63, 3.8) is 0 Å². The van der Waals surface area contributed by atoms with E-state index in [0.717, 1.165) is 24.1 Å². The predicted molar refractivity (Wildman–Crippen MR) is 58.7 cm³/mol. The van der Waals surface area contributed by atoms with E-state index in [-0.39, 0.29) is 0 Å². The molecule has 0 radical (unpaired) electrons. The zero-order valence-electron chi connectivity index (χ0n) is 8.62. The second-order valence-electron chi connectivity index (χ2n) is 3.80. The number of benzene rings is 1. The maximum atomic E-state index is 9.42. The summed E-state index contributed by atoms with van der Waals surface area (Å²) >= 11 is 0. The Morgan fingerprint density at radius 1 is 1.21 bits per heavy atom. The van der Waals surface area contributed by atoms with Crippen LogP contribution in [0.25, 0.3) is 0 Å². The molecule has 0 saturated carbocycles. The second kappa shape index (κ2) is 3.37. The Bertz CT molecular complexity index is 359. The zero-order chi connectivity index (χ0) is 10.1. The summed E-state index contributed by atoms with van der Waals surface area (Å²) in [6, 6.07) is 3.63. The van der Waals surface area contributed by atoms with Crippen molar-refractivity contribution in [3.05, 3.63) is 35.5 Å². The largest absolute Gasteiger partial charge is 0.508 e. The van der Waals surface area contributed by atoms with Gasteiger partial charge in [0.1, 0.15) is 5.75 Å². The van der Waals surface area contributed by atoms with Crippen molar-refractivity contribution in [2.45, 2.75) is 20.3 Å². The number of phenolic OH excluding ortho intramolecular Hbond substituents is 1. The molecule has 1 aromatic carbocycles. The van der Waals surface area contributed by atoms with E-state index >= 15 is 0 Å². The molecule has 0 unspecified atom stereocenters. The van der Waals surface area contributed by atoms with Crippen LogP contribution in [0.5, 0.6) is 5.75 Å². The first-order valence-corrected chi connectivity index (χ1v) is 4.92. The highest BCUT2D eigenvalue weighted by Gasteiger charge is 2.12. The molecule has 0 aromatic heterocycles. The Morgan fingerprint density at radius 2 is 1.86 bits per heavy atom. The van der Waals surface area contributed by atoms with E-state index in [1.807, 2.05) is 26.0 Å². The highest BCUT2D eigenvalue weighted by atomic mass is 16.3. The Balaban J connectivity index is 2.46. The molecule has 0 atom stereocenters. The third-order valence-electron chi connectivity index (χ3n) is 2.59. The summed E-state index contributed by atoms with van der Waals surface area (Å²) < 4.78 is 0. The van der Waals surface area contributed by atoms with Crippen molar-refractivity contribution < 1.29 is 5.11 Å². The van der Waals surface area contributed by atoms with E-state index in [2.05, 4.69) is 17.2 Å². The van der Waals surface area contributed by atoms with Crippen molar-refractivity contribution in [2.24, 2.45) is 0 Å². The minimum atomic E-state index is 0.354. The number of anilines is 1. The average molecular weight is 189 g/mol. The van der Waals surface area contributed by atoms with Gasteiger partial charge in [-0.3, -0.25) is 0 Å². The molecule has 1 aromatic rings. The first kappa shape index (κ1) is 9.13. The van der Waals surface area contributed by atoms with Crippen LogP contribution in [0.15, 0.2) is 24.4 Å². The van der Waals surface area contributed by atoms with Crippen LogP contribution in [0.3, 0.4) is 0 Å². The summed E-state index contributed by atoms with van der Waals surface area (Å²) in [6.07, 6.45) is 5.40. The number of hydrogen-bond donors (Lipinski definition) is 1. The topological polar surface area (TPSA) is 23.5 Å². The Hall–Kier alpha value is -1.44. The van der Waals surface area contributed by atoms with Gasteiger partial charge in [0, 0.05) is 18.4 Å². The van der Waals surface area contributed by atoms with Crippen molar-refractivity contribution in [3.8, 4) is 5.75 Å². The molecule has 2 heteroatoms. The highest BCUT2D eigenvalue weighted by molar-refractivity contribution is 5.63. The number of phenols is 1. The summed E-state index contributed by atoms with van der Waals surface area (Å²) in [5.41, 5.74) is 3.50. The molecule has 14 heavy (non-hydrogen) atoms. The van der Waals surface area contributed by atoms with E-state index in [1.165, 1.54) is 5.69 Å². The molecule has 0 fully saturated rings. The van der Waals surface area contributed by atoms with E-state index in [4.69, 9.17) is 0 Å². The molecule has 2 rings (SSSR count). The van der Waals surface area contributed by atoms with Crippen molar-refractivity contribution >= 4 is 5.69 Å².